The average Bonchev–Trinajstić information content (AvgIpc) is 3.54. The highest BCUT2D eigenvalue weighted by atomic mass is 32.2. The van der Waals surface area contributed by atoms with Gasteiger partial charge in [0.2, 0.25) is 5.78 Å². The second kappa shape index (κ2) is 8.18. The van der Waals surface area contributed by atoms with E-state index in [2.05, 4.69) is 5.10 Å². The second-order valence-electron chi connectivity index (χ2n) is 6.44. The van der Waals surface area contributed by atoms with Gasteiger partial charge >= 0.3 is 0 Å². The minimum atomic E-state index is -0.426. The van der Waals surface area contributed by atoms with Crippen LogP contribution in [-0.2, 0) is 4.79 Å². The Labute approximate surface area is 190 Å². The number of hydrogen-bond donors (Lipinski definition) is 0. The van der Waals surface area contributed by atoms with E-state index in [0.29, 0.717) is 21.3 Å². The second-order valence-corrected chi connectivity index (χ2v) is 9.33. The van der Waals surface area contributed by atoms with Crippen LogP contribution in [0.2, 0.25) is 0 Å². The number of rotatable bonds is 4. The number of ketones is 1. The molecular weight excluding hydrogens is 450 g/mol. The maximum atomic E-state index is 13.2. The molecule has 3 heterocycles. The Bertz CT molecular complexity index is 1240. The molecule has 2 amide bonds. The monoisotopic (exact) mass is 463 g/mol. The number of para-hydroxylation sites is 2. The first-order chi connectivity index (χ1) is 15.1. The highest BCUT2D eigenvalue weighted by Crippen LogP contribution is 2.45. The summed E-state index contributed by atoms with van der Waals surface area (Å²) in [4.78, 5) is 40.8. The van der Waals surface area contributed by atoms with Crippen molar-refractivity contribution in [2.24, 2.45) is 5.10 Å². The lowest BCUT2D eigenvalue weighted by atomic mass is 10.3. The van der Waals surface area contributed by atoms with E-state index in [1.165, 1.54) is 11.3 Å². The number of Topliss-reactive ketones (excluding diaryl/α,β-unsaturated/α-hetero) is 1. The van der Waals surface area contributed by atoms with Crippen molar-refractivity contribution in [3.63, 3.8) is 0 Å². The Morgan fingerprint density at radius 2 is 1.48 bits per heavy atom. The molecular formula is C22H13N3O3S3. The van der Waals surface area contributed by atoms with Crippen LogP contribution in [-0.4, -0.2) is 22.0 Å². The van der Waals surface area contributed by atoms with Gasteiger partial charge in [0.15, 0.2) is 5.04 Å². The van der Waals surface area contributed by atoms with E-state index in [9.17, 15) is 14.4 Å². The minimum Gasteiger partial charge on any atom is -0.285 e. The van der Waals surface area contributed by atoms with Crippen LogP contribution in [0.3, 0.4) is 0 Å². The standard InChI is InChI=1S/C22H13N3O3S3/c26-17(16-12-7-13-29-16)19-23-25(15-10-5-2-6-11-15)21(31-19)18-20(27)24(22(28)30-18)14-8-3-1-4-9-14/h1-13H/b21-18+. The first kappa shape index (κ1) is 19.8. The van der Waals surface area contributed by atoms with Crippen molar-refractivity contribution >= 4 is 68.2 Å². The van der Waals surface area contributed by atoms with Crippen LogP contribution in [0.15, 0.2) is 93.2 Å². The fourth-order valence-electron chi connectivity index (χ4n) is 3.08. The van der Waals surface area contributed by atoms with Crippen LogP contribution < -0.4 is 9.91 Å². The normalized spacial score (nSPS) is 18.6. The van der Waals surface area contributed by atoms with E-state index in [1.54, 1.807) is 41.4 Å². The first-order valence-electron chi connectivity index (χ1n) is 9.19. The number of hydrazone groups is 1. The molecule has 0 spiro atoms. The third-order valence-electron chi connectivity index (χ3n) is 4.49. The summed E-state index contributed by atoms with van der Waals surface area (Å²) in [5, 5.41) is 8.23. The fourth-order valence-corrected chi connectivity index (χ4v) is 5.79. The zero-order valence-corrected chi connectivity index (χ0v) is 18.2. The molecule has 2 aliphatic rings. The fraction of sp³-hybridized carbons (Fsp3) is 0. The number of imide groups is 1. The van der Waals surface area contributed by atoms with Gasteiger partial charge in [0, 0.05) is 0 Å². The third-order valence-corrected chi connectivity index (χ3v) is 7.45. The maximum absolute atomic E-state index is 13.2. The highest BCUT2D eigenvalue weighted by Gasteiger charge is 2.42. The van der Waals surface area contributed by atoms with Crippen LogP contribution in [0.5, 0.6) is 0 Å². The van der Waals surface area contributed by atoms with Crippen molar-refractivity contribution in [3.05, 3.63) is 93.0 Å². The molecule has 0 aliphatic carbocycles. The number of benzene rings is 2. The van der Waals surface area contributed by atoms with E-state index in [1.807, 2.05) is 41.8 Å². The molecule has 6 nitrogen and oxygen atoms in total. The van der Waals surface area contributed by atoms with Crippen molar-refractivity contribution in [1.82, 2.24) is 0 Å². The smallest absolute Gasteiger partial charge is 0.285 e. The van der Waals surface area contributed by atoms with E-state index in [-0.39, 0.29) is 21.0 Å². The summed E-state index contributed by atoms with van der Waals surface area (Å²) in [6.45, 7) is 0. The molecule has 0 N–H and O–H groups in total. The molecule has 0 saturated carbocycles. The molecule has 0 bridgehead atoms. The predicted molar refractivity (Wildman–Crippen MR) is 127 cm³/mol. The number of amides is 2. The van der Waals surface area contributed by atoms with Gasteiger partial charge < -0.3 is 0 Å². The summed E-state index contributed by atoms with van der Waals surface area (Å²) < 4.78 is 0. The van der Waals surface area contributed by atoms with Crippen molar-refractivity contribution in [3.8, 4) is 0 Å². The predicted octanol–water partition coefficient (Wildman–Crippen LogP) is 5.57. The van der Waals surface area contributed by atoms with Crippen LogP contribution in [0.1, 0.15) is 9.67 Å². The molecule has 9 heteroatoms. The molecule has 1 fully saturated rings. The number of hydrogen-bond acceptors (Lipinski definition) is 8. The summed E-state index contributed by atoms with van der Waals surface area (Å²) in [5.74, 6) is -0.636. The topological polar surface area (TPSA) is 70.1 Å². The first-order valence-corrected chi connectivity index (χ1v) is 11.7. The summed E-state index contributed by atoms with van der Waals surface area (Å²) in [6.07, 6.45) is 0. The molecule has 152 valence electrons. The zero-order chi connectivity index (χ0) is 21.4. The third kappa shape index (κ3) is 3.60. The molecule has 31 heavy (non-hydrogen) atoms. The molecule has 1 saturated heterocycles. The Hall–Kier alpha value is -3.14. The summed E-state index contributed by atoms with van der Waals surface area (Å²) in [7, 11) is 0. The van der Waals surface area contributed by atoms with Gasteiger partial charge in [-0.05, 0) is 59.2 Å². The molecule has 0 radical (unpaired) electrons. The summed E-state index contributed by atoms with van der Waals surface area (Å²) >= 11 is 3.30. The molecule has 0 unspecified atom stereocenters. The van der Waals surface area contributed by atoms with Gasteiger partial charge in [-0.15, -0.1) is 11.3 Å². The lowest BCUT2D eigenvalue weighted by molar-refractivity contribution is -0.113. The molecule has 5 rings (SSSR count). The van der Waals surface area contributed by atoms with Crippen LogP contribution in [0.25, 0.3) is 0 Å². The number of carbonyl (C=O) groups is 3. The zero-order valence-electron chi connectivity index (χ0n) is 15.8. The van der Waals surface area contributed by atoms with Gasteiger partial charge in [0.1, 0.15) is 9.93 Å². The van der Waals surface area contributed by atoms with Gasteiger partial charge in [-0.25, -0.2) is 9.91 Å². The summed E-state index contributed by atoms with van der Waals surface area (Å²) in [6, 6.07) is 21.6. The van der Waals surface area contributed by atoms with E-state index in [4.69, 9.17) is 0 Å². The maximum Gasteiger partial charge on any atom is 0.298 e. The van der Waals surface area contributed by atoms with Gasteiger partial charge in [-0.2, -0.15) is 5.10 Å². The number of thiophene rings is 1. The molecule has 3 aromatic rings. The SMILES string of the molecule is O=C(C1=NN(c2ccccc2)/C(=C2\SC(=O)N(c3ccccc3)C2=O)S1)c1cccs1. The Kier molecular flexibility index (Phi) is 5.23. The van der Waals surface area contributed by atoms with E-state index >= 15 is 0 Å². The van der Waals surface area contributed by atoms with Crippen LogP contribution in [0, 0.1) is 0 Å². The largest absolute Gasteiger partial charge is 0.298 e. The lowest BCUT2D eigenvalue weighted by Gasteiger charge is -2.16. The van der Waals surface area contributed by atoms with E-state index < -0.39 is 5.91 Å². The number of nitrogens with zero attached hydrogens (tertiary/aromatic N) is 3. The van der Waals surface area contributed by atoms with Crippen molar-refractivity contribution in [2.45, 2.75) is 0 Å². The van der Waals surface area contributed by atoms with Crippen molar-refractivity contribution in [1.29, 1.82) is 0 Å². The van der Waals surface area contributed by atoms with Gasteiger partial charge in [0.05, 0.1) is 16.3 Å². The Balaban J connectivity index is 1.57. The van der Waals surface area contributed by atoms with Crippen LogP contribution >= 0.6 is 34.9 Å². The highest BCUT2D eigenvalue weighted by molar-refractivity contribution is 8.22. The number of anilines is 2. The molecule has 2 aliphatic heterocycles. The Morgan fingerprint density at radius 1 is 0.806 bits per heavy atom. The number of carbonyl (C=O) groups excluding carboxylic acids is 3. The van der Waals surface area contributed by atoms with Crippen LogP contribution in [0.4, 0.5) is 16.2 Å². The summed E-state index contributed by atoms with van der Waals surface area (Å²) in [5.41, 5.74) is 1.20. The lowest BCUT2D eigenvalue weighted by Crippen LogP contribution is -2.28. The average molecular weight is 464 g/mol. The number of thioether (sulfide) groups is 2. The van der Waals surface area contributed by atoms with E-state index in [0.717, 1.165) is 28.4 Å². The molecule has 0 atom stereocenters. The molecule has 1 aromatic heterocycles. The van der Waals surface area contributed by atoms with Crippen molar-refractivity contribution in [2.75, 3.05) is 9.91 Å². The quantitative estimate of drug-likeness (QED) is 0.372. The van der Waals surface area contributed by atoms with Gasteiger partial charge in [0.25, 0.3) is 11.1 Å². The molecule has 2 aromatic carbocycles. The van der Waals surface area contributed by atoms with Crippen molar-refractivity contribution < 1.29 is 14.4 Å². The minimum absolute atomic E-state index is 0.210. The van der Waals surface area contributed by atoms with Gasteiger partial charge in [-0.3, -0.25) is 14.4 Å². The van der Waals surface area contributed by atoms with Gasteiger partial charge in [-0.1, -0.05) is 42.5 Å². The Morgan fingerprint density at radius 3 is 2.13 bits per heavy atom.